The molecule has 0 bridgehead atoms. The van der Waals surface area contributed by atoms with Gasteiger partial charge in [0.1, 0.15) is 5.82 Å². The number of aromatic nitrogens is 1. The van der Waals surface area contributed by atoms with Crippen LogP contribution in [-0.2, 0) is 5.41 Å². The predicted octanol–water partition coefficient (Wildman–Crippen LogP) is 3.18. The first-order chi connectivity index (χ1) is 6.48. The number of nitrogen functional groups attached to an aromatic ring is 1. The Morgan fingerprint density at radius 1 is 1.29 bits per heavy atom. The number of nitrogens with two attached hydrogens (primary N) is 1. The van der Waals surface area contributed by atoms with Crippen molar-refractivity contribution in [3.8, 4) is 0 Å². The maximum atomic E-state index is 5.79. The van der Waals surface area contributed by atoms with E-state index < -0.39 is 0 Å². The summed E-state index contributed by atoms with van der Waals surface area (Å²) in [5.41, 5.74) is 7.26. The van der Waals surface area contributed by atoms with Crippen LogP contribution in [0.25, 0.3) is 10.1 Å². The molecule has 14 heavy (non-hydrogen) atoms. The molecule has 1 aromatic heterocycles. The summed E-state index contributed by atoms with van der Waals surface area (Å²) in [7, 11) is 0. The van der Waals surface area contributed by atoms with Gasteiger partial charge in [-0.3, -0.25) is 0 Å². The maximum Gasteiger partial charge on any atom is 0.144 e. The van der Waals surface area contributed by atoms with E-state index in [1.54, 1.807) is 0 Å². The molecule has 0 unspecified atom stereocenters. The highest BCUT2D eigenvalue weighted by Gasteiger charge is 2.14. The van der Waals surface area contributed by atoms with Gasteiger partial charge in [-0.15, -0.1) is 0 Å². The van der Waals surface area contributed by atoms with Crippen LogP contribution in [0.4, 0.5) is 5.82 Å². The van der Waals surface area contributed by atoms with Gasteiger partial charge < -0.3 is 5.73 Å². The van der Waals surface area contributed by atoms with Gasteiger partial charge in [0.15, 0.2) is 0 Å². The van der Waals surface area contributed by atoms with Crippen LogP contribution in [0.3, 0.4) is 0 Å². The predicted molar refractivity (Wildman–Crippen MR) is 62.7 cm³/mol. The van der Waals surface area contributed by atoms with Crippen LogP contribution in [0.15, 0.2) is 18.2 Å². The Labute approximate surface area is 87.9 Å². The molecule has 2 rings (SSSR count). The van der Waals surface area contributed by atoms with Crippen molar-refractivity contribution in [3.63, 3.8) is 0 Å². The van der Waals surface area contributed by atoms with Crippen molar-refractivity contribution in [1.29, 1.82) is 0 Å². The third-order valence-electron chi connectivity index (χ3n) is 2.36. The molecule has 0 saturated carbocycles. The van der Waals surface area contributed by atoms with E-state index in [4.69, 9.17) is 5.73 Å². The molecule has 0 aliphatic heterocycles. The number of benzene rings is 1. The topological polar surface area (TPSA) is 38.9 Å². The van der Waals surface area contributed by atoms with E-state index in [1.165, 1.54) is 17.1 Å². The van der Waals surface area contributed by atoms with E-state index in [2.05, 4.69) is 43.3 Å². The summed E-state index contributed by atoms with van der Waals surface area (Å²) in [6.45, 7) is 6.60. The summed E-state index contributed by atoms with van der Waals surface area (Å²) in [5.74, 6) is 0.649. The summed E-state index contributed by atoms with van der Waals surface area (Å²) in [6.07, 6.45) is 0. The molecule has 0 aliphatic rings. The highest BCUT2D eigenvalue weighted by molar-refractivity contribution is 7.13. The Morgan fingerprint density at radius 2 is 2.00 bits per heavy atom. The second kappa shape index (κ2) is 2.95. The number of hydrogen-bond acceptors (Lipinski definition) is 3. The standard InChI is InChI=1S/C11H14N2S/c1-11(2,3)7-4-5-9-8(6-7)10(12)13-14-9/h4-6H,1-3H3,(H2,12,13). The molecule has 0 atom stereocenters. The average molecular weight is 206 g/mol. The summed E-state index contributed by atoms with van der Waals surface area (Å²) < 4.78 is 5.30. The van der Waals surface area contributed by atoms with E-state index >= 15 is 0 Å². The zero-order valence-corrected chi connectivity index (χ0v) is 9.48. The largest absolute Gasteiger partial charge is 0.382 e. The number of nitrogens with zero attached hydrogens (tertiary/aromatic N) is 1. The van der Waals surface area contributed by atoms with Crippen molar-refractivity contribution in [1.82, 2.24) is 4.37 Å². The zero-order valence-electron chi connectivity index (χ0n) is 8.66. The minimum Gasteiger partial charge on any atom is -0.382 e. The first-order valence-corrected chi connectivity index (χ1v) is 5.41. The maximum absolute atomic E-state index is 5.79. The van der Waals surface area contributed by atoms with E-state index in [-0.39, 0.29) is 5.41 Å². The molecule has 2 aromatic rings. The molecule has 0 radical (unpaired) electrons. The SMILES string of the molecule is CC(C)(C)c1ccc2snc(N)c2c1. The van der Waals surface area contributed by atoms with E-state index in [1.807, 2.05) is 0 Å². The first-order valence-electron chi connectivity index (χ1n) is 4.64. The molecule has 0 aliphatic carbocycles. The number of fused-ring (bicyclic) bond motifs is 1. The molecule has 0 fully saturated rings. The molecule has 1 heterocycles. The molecular weight excluding hydrogens is 192 g/mol. The van der Waals surface area contributed by atoms with Crippen molar-refractivity contribution >= 4 is 27.4 Å². The van der Waals surface area contributed by atoms with Crippen LogP contribution in [0.1, 0.15) is 26.3 Å². The fourth-order valence-electron chi connectivity index (χ4n) is 1.42. The van der Waals surface area contributed by atoms with Gasteiger partial charge >= 0.3 is 0 Å². The van der Waals surface area contributed by atoms with Crippen molar-refractivity contribution in [3.05, 3.63) is 23.8 Å². The lowest BCUT2D eigenvalue weighted by atomic mass is 9.87. The summed E-state index contributed by atoms with van der Waals surface area (Å²) >= 11 is 1.46. The molecule has 1 aromatic carbocycles. The lowest BCUT2D eigenvalue weighted by Crippen LogP contribution is -2.10. The van der Waals surface area contributed by atoms with Crippen LogP contribution in [0.2, 0.25) is 0 Å². The Bertz CT molecular complexity index is 466. The summed E-state index contributed by atoms with van der Waals surface area (Å²) in [5, 5.41) is 1.09. The van der Waals surface area contributed by atoms with Crippen molar-refractivity contribution < 1.29 is 0 Å². The van der Waals surface area contributed by atoms with Crippen LogP contribution in [-0.4, -0.2) is 4.37 Å². The Balaban J connectivity index is 2.66. The summed E-state index contributed by atoms with van der Waals surface area (Å²) in [4.78, 5) is 0. The molecule has 0 saturated heterocycles. The lowest BCUT2D eigenvalue weighted by molar-refractivity contribution is 0.591. The fourth-order valence-corrected chi connectivity index (χ4v) is 2.11. The molecule has 74 valence electrons. The van der Waals surface area contributed by atoms with Gasteiger partial charge in [0.05, 0.1) is 4.70 Å². The van der Waals surface area contributed by atoms with E-state index in [9.17, 15) is 0 Å². The molecular formula is C11H14N2S. The van der Waals surface area contributed by atoms with Crippen LogP contribution >= 0.6 is 11.5 Å². The van der Waals surface area contributed by atoms with Gasteiger partial charge in [0.2, 0.25) is 0 Å². The van der Waals surface area contributed by atoms with Gasteiger partial charge in [-0.2, -0.15) is 4.37 Å². The lowest BCUT2D eigenvalue weighted by Gasteiger charge is -2.18. The zero-order chi connectivity index (χ0) is 10.3. The highest BCUT2D eigenvalue weighted by atomic mass is 32.1. The number of anilines is 1. The molecule has 0 spiro atoms. The Morgan fingerprint density at radius 3 is 2.64 bits per heavy atom. The summed E-state index contributed by atoms with van der Waals surface area (Å²) in [6, 6.07) is 6.40. The molecule has 2 nitrogen and oxygen atoms in total. The first kappa shape index (κ1) is 9.46. The molecule has 2 N–H and O–H groups in total. The van der Waals surface area contributed by atoms with Gasteiger partial charge in [0, 0.05) is 5.39 Å². The average Bonchev–Trinajstić information content (AvgIpc) is 2.46. The van der Waals surface area contributed by atoms with Crippen LogP contribution < -0.4 is 5.73 Å². The smallest absolute Gasteiger partial charge is 0.144 e. The second-order valence-electron chi connectivity index (χ2n) is 4.53. The third-order valence-corrected chi connectivity index (χ3v) is 3.20. The number of hydrogen-bond donors (Lipinski definition) is 1. The minimum absolute atomic E-state index is 0.169. The van der Waals surface area contributed by atoms with Crippen molar-refractivity contribution in [2.24, 2.45) is 0 Å². The van der Waals surface area contributed by atoms with E-state index in [0.717, 1.165) is 10.1 Å². The van der Waals surface area contributed by atoms with Gasteiger partial charge in [-0.25, -0.2) is 0 Å². The molecule has 3 heteroatoms. The van der Waals surface area contributed by atoms with Gasteiger partial charge in [-0.05, 0) is 34.6 Å². The minimum atomic E-state index is 0.169. The van der Waals surface area contributed by atoms with Crippen LogP contribution in [0, 0.1) is 0 Å². The highest BCUT2D eigenvalue weighted by Crippen LogP contribution is 2.30. The number of rotatable bonds is 0. The second-order valence-corrected chi connectivity index (χ2v) is 5.33. The normalized spacial score (nSPS) is 12.2. The van der Waals surface area contributed by atoms with Gasteiger partial charge in [-0.1, -0.05) is 26.8 Å². The van der Waals surface area contributed by atoms with E-state index in [0.29, 0.717) is 5.82 Å². The Kier molecular flexibility index (Phi) is 2.00. The quantitative estimate of drug-likeness (QED) is 0.719. The molecule has 0 amide bonds. The Hall–Kier alpha value is -1.09. The fraction of sp³-hybridized carbons (Fsp3) is 0.364. The van der Waals surface area contributed by atoms with Gasteiger partial charge in [0.25, 0.3) is 0 Å². The van der Waals surface area contributed by atoms with Crippen molar-refractivity contribution in [2.45, 2.75) is 26.2 Å². The monoisotopic (exact) mass is 206 g/mol. The third kappa shape index (κ3) is 1.48. The van der Waals surface area contributed by atoms with Crippen molar-refractivity contribution in [2.75, 3.05) is 5.73 Å². The van der Waals surface area contributed by atoms with Crippen LogP contribution in [0.5, 0.6) is 0 Å².